The van der Waals surface area contributed by atoms with E-state index >= 15 is 0 Å². The molecular weight excluding hydrogens is 394 g/mol. The Kier molecular flexibility index (Phi) is 6.50. The fraction of sp³-hybridized carbons (Fsp3) is 0.300. The van der Waals surface area contributed by atoms with Crippen LogP contribution in [-0.4, -0.2) is 31.9 Å². The quantitative estimate of drug-likeness (QED) is 0.567. The molecule has 0 spiro atoms. The summed E-state index contributed by atoms with van der Waals surface area (Å²) in [5.74, 6) is 2.33. The van der Waals surface area contributed by atoms with Gasteiger partial charge in [0.1, 0.15) is 11.5 Å². The van der Waals surface area contributed by atoms with Gasteiger partial charge in [-0.1, -0.05) is 17.3 Å². The molecule has 1 atom stereocenters. The number of rotatable bonds is 9. The van der Waals surface area contributed by atoms with Crippen molar-refractivity contribution in [3.63, 3.8) is 0 Å². The number of benzene rings is 2. The Morgan fingerprint density at radius 1 is 1.07 bits per heavy atom. The summed E-state index contributed by atoms with van der Waals surface area (Å²) in [6.07, 6.45) is 1.19. The number of ether oxygens (including phenoxy) is 2. The highest BCUT2D eigenvalue weighted by molar-refractivity contribution is 7.90. The molecule has 3 rings (SSSR count). The van der Waals surface area contributed by atoms with Crippen LogP contribution in [0.2, 0.25) is 0 Å². The lowest BCUT2D eigenvalue weighted by Gasteiger charge is -2.13. The molecule has 3 aromatic rings. The zero-order valence-electron chi connectivity index (χ0n) is 16.5. The van der Waals surface area contributed by atoms with E-state index in [0.717, 1.165) is 11.3 Å². The topological polar surface area (TPSA) is 104 Å². The molecule has 154 valence electrons. The van der Waals surface area contributed by atoms with Crippen molar-refractivity contribution in [1.82, 2.24) is 15.5 Å². The van der Waals surface area contributed by atoms with E-state index in [-0.39, 0.29) is 12.6 Å². The summed E-state index contributed by atoms with van der Waals surface area (Å²) in [4.78, 5) is 4.60. The molecule has 0 amide bonds. The van der Waals surface area contributed by atoms with Crippen LogP contribution in [0.3, 0.4) is 0 Å². The smallest absolute Gasteiger partial charge is 0.240 e. The van der Waals surface area contributed by atoms with Crippen LogP contribution >= 0.6 is 0 Å². The SMILES string of the molecule is COc1ccc(OCc2noc(CN[C@@H](C)c3ccc(S(C)(=O)=O)cc3)n2)cc1. The molecule has 1 N–H and O–H groups in total. The Morgan fingerprint density at radius 3 is 2.34 bits per heavy atom. The molecule has 0 aliphatic carbocycles. The van der Waals surface area contributed by atoms with Crippen LogP contribution in [0.25, 0.3) is 0 Å². The van der Waals surface area contributed by atoms with E-state index in [1.807, 2.05) is 19.1 Å². The van der Waals surface area contributed by atoms with Gasteiger partial charge in [-0.25, -0.2) is 8.42 Å². The van der Waals surface area contributed by atoms with Gasteiger partial charge in [-0.15, -0.1) is 0 Å². The molecule has 0 bridgehead atoms. The van der Waals surface area contributed by atoms with E-state index in [4.69, 9.17) is 14.0 Å². The first kappa shape index (κ1) is 20.8. The van der Waals surface area contributed by atoms with Crippen LogP contribution in [-0.2, 0) is 23.0 Å². The maximum absolute atomic E-state index is 11.5. The minimum atomic E-state index is -3.20. The lowest BCUT2D eigenvalue weighted by Crippen LogP contribution is -2.18. The van der Waals surface area contributed by atoms with Crippen molar-refractivity contribution >= 4 is 9.84 Å². The second-order valence-corrected chi connectivity index (χ2v) is 8.53. The van der Waals surface area contributed by atoms with Crippen molar-refractivity contribution in [2.45, 2.75) is 31.0 Å². The van der Waals surface area contributed by atoms with E-state index in [1.165, 1.54) is 6.26 Å². The van der Waals surface area contributed by atoms with Gasteiger partial charge in [-0.05, 0) is 48.9 Å². The van der Waals surface area contributed by atoms with Crippen molar-refractivity contribution < 1.29 is 22.4 Å². The molecule has 8 nitrogen and oxygen atoms in total. The summed E-state index contributed by atoms with van der Waals surface area (Å²) in [7, 11) is -1.59. The number of methoxy groups -OCH3 is 1. The molecule has 0 radical (unpaired) electrons. The van der Waals surface area contributed by atoms with Crippen molar-refractivity contribution in [3.05, 3.63) is 65.8 Å². The Hall–Kier alpha value is -2.91. The van der Waals surface area contributed by atoms with Crippen molar-refractivity contribution in [3.8, 4) is 11.5 Å². The van der Waals surface area contributed by atoms with Crippen LogP contribution in [0.5, 0.6) is 11.5 Å². The summed E-state index contributed by atoms with van der Waals surface area (Å²) in [6, 6.07) is 14.0. The third kappa shape index (κ3) is 5.78. The number of nitrogens with one attached hydrogen (secondary N) is 1. The van der Waals surface area contributed by atoms with Gasteiger partial charge >= 0.3 is 0 Å². The molecule has 29 heavy (non-hydrogen) atoms. The lowest BCUT2D eigenvalue weighted by molar-refractivity contribution is 0.284. The van der Waals surface area contributed by atoms with E-state index in [1.54, 1.807) is 43.5 Å². The third-order valence-electron chi connectivity index (χ3n) is 4.31. The van der Waals surface area contributed by atoms with Gasteiger partial charge < -0.3 is 19.3 Å². The van der Waals surface area contributed by atoms with E-state index in [2.05, 4.69) is 15.5 Å². The minimum Gasteiger partial charge on any atom is -0.497 e. The molecule has 0 aliphatic rings. The van der Waals surface area contributed by atoms with Crippen LogP contribution < -0.4 is 14.8 Å². The monoisotopic (exact) mass is 417 g/mol. The first-order chi connectivity index (χ1) is 13.8. The third-order valence-corrected chi connectivity index (χ3v) is 5.43. The molecule has 9 heteroatoms. The van der Waals surface area contributed by atoms with Crippen LogP contribution in [0.4, 0.5) is 0 Å². The highest BCUT2D eigenvalue weighted by Gasteiger charge is 2.12. The average molecular weight is 417 g/mol. The second kappa shape index (κ2) is 9.06. The fourth-order valence-corrected chi connectivity index (χ4v) is 3.23. The zero-order chi connectivity index (χ0) is 20.9. The highest BCUT2D eigenvalue weighted by Crippen LogP contribution is 2.18. The summed E-state index contributed by atoms with van der Waals surface area (Å²) in [5.41, 5.74) is 0.958. The molecular formula is C20H23N3O5S. The summed E-state index contributed by atoms with van der Waals surface area (Å²) < 4.78 is 39.1. The normalized spacial score (nSPS) is 12.5. The van der Waals surface area contributed by atoms with Gasteiger partial charge in [0.25, 0.3) is 0 Å². The highest BCUT2D eigenvalue weighted by atomic mass is 32.2. The van der Waals surface area contributed by atoms with Gasteiger partial charge in [0.2, 0.25) is 11.7 Å². The van der Waals surface area contributed by atoms with Gasteiger partial charge in [0, 0.05) is 12.3 Å². The molecule has 0 aliphatic heterocycles. The Bertz CT molecular complexity index is 1030. The molecule has 0 unspecified atom stereocenters. The maximum Gasteiger partial charge on any atom is 0.240 e. The first-order valence-electron chi connectivity index (χ1n) is 8.97. The molecule has 0 saturated heterocycles. The van der Waals surface area contributed by atoms with Crippen LogP contribution in [0.15, 0.2) is 57.9 Å². The summed E-state index contributed by atoms with van der Waals surface area (Å²) >= 11 is 0. The number of hydrogen-bond donors (Lipinski definition) is 1. The zero-order valence-corrected chi connectivity index (χ0v) is 17.3. The van der Waals surface area contributed by atoms with Crippen LogP contribution in [0, 0.1) is 0 Å². The predicted octanol–water partition coefficient (Wildman–Crippen LogP) is 2.91. The molecule has 2 aromatic carbocycles. The Balaban J connectivity index is 1.50. The Morgan fingerprint density at radius 2 is 1.72 bits per heavy atom. The van der Waals surface area contributed by atoms with E-state index in [0.29, 0.717) is 28.9 Å². The molecule has 1 heterocycles. The Labute approximate surface area is 169 Å². The fourth-order valence-electron chi connectivity index (χ4n) is 2.60. The standard InChI is InChI=1S/C20H23N3O5S/c1-14(15-4-10-18(11-5-15)29(3,24)25)21-12-20-22-19(23-28-20)13-27-17-8-6-16(26-2)7-9-17/h4-11,14,21H,12-13H2,1-3H3/t14-/m0/s1. The number of sulfone groups is 1. The van der Waals surface area contributed by atoms with Crippen LogP contribution in [0.1, 0.15) is 30.2 Å². The number of hydrogen-bond acceptors (Lipinski definition) is 8. The molecule has 0 fully saturated rings. The van der Waals surface area contributed by atoms with Gasteiger partial charge in [-0.2, -0.15) is 4.98 Å². The lowest BCUT2D eigenvalue weighted by atomic mass is 10.1. The maximum atomic E-state index is 11.5. The summed E-state index contributed by atoms with van der Waals surface area (Å²) in [5, 5.41) is 7.18. The first-order valence-corrected chi connectivity index (χ1v) is 10.9. The number of nitrogens with zero attached hydrogens (tertiary/aromatic N) is 2. The second-order valence-electron chi connectivity index (χ2n) is 6.51. The summed E-state index contributed by atoms with van der Waals surface area (Å²) in [6.45, 7) is 2.54. The van der Waals surface area contributed by atoms with Crippen molar-refractivity contribution in [2.75, 3.05) is 13.4 Å². The van der Waals surface area contributed by atoms with Crippen molar-refractivity contribution in [2.24, 2.45) is 0 Å². The minimum absolute atomic E-state index is 0.0190. The van der Waals surface area contributed by atoms with Crippen molar-refractivity contribution in [1.29, 1.82) is 0 Å². The molecule has 1 aromatic heterocycles. The molecule has 0 saturated carbocycles. The van der Waals surface area contributed by atoms with Gasteiger partial charge in [-0.3, -0.25) is 0 Å². The van der Waals surface area contributed by atoms with Gasteiger partial charge in [0.05, 0.1) is 18.6 Å². The van der Waals surface area contributed by atoms with Gasteiger partial charge in [0.15, 0.2) is 16.4 Å². The predicted molar refractivity (Wildman–Crippen MR) is 106 cm³/mol. The average Bonchev–Trinajstić information content (AvgIpc) is 3.18. The largest absolute Gasteiger partial charge is 0.497 e. The number of aromatic nitrogens is 2. The van der Waals surface area contributed by atoms with E-state index in [9.17, 15) is 8.42 Å². The van der Waals surface area contributed by atoms with E-state index < -0.39 is 9.84 Å².